The van der Waals surface area contributed by atoms with Gasteiger partial charge in [0.1, 0.15) is 0 Å². The fourth-order valence-corrected chi connectivity index (χ4v) is 2.28. The highest BCUT2D eigenvalue weighted by atomic mass is 16.5. The first kappa shape index (κ1) is 12.2. The van der Waals surface area contributed by atoms with Crippen molar-refractivity contribution in [3.63, 3.8) is 0 Å². The van der Waals surface area contributed by atoms with E-state index in [0.29, 0.717) is 12.5 Å². The minimum absolute atomic E-state index is 0.162. The van der Waals surface area contributed by atoms with Gasteiger partial charge in [-0.1, -0.05) is 6.07 Å². The molecule has 2 rings (SSSR count). The Balaban J connectivity index is 2.12. The van der Waals surface area contributed by atoms with E-state index < -0.39 is 0 Å². The zero-order valence-corrected chi connectivity index (χ0v) is 10.3. The van der Waals surface area contributed by atoms with E-state index in [4.69, 9.17) is 14.6 Å². The number of methoxy groups -OCH3 is 1. The first-order chi connectivity index (χ1) is 8.33. The summed E-state index contributed by atoms with van der Waals surface area (Å²) in [6.07, 6.45) is 5.76. The van der Waals surface area contributed by atoms with E-state index in [1.807, 2.05) is 18.2 Å². The van der Waals surface area contributed by atoms with Gasteiger partial charge in [-0.05, 0) is 49.8 Å². The number of aliphatic hydroxyl groups excluding tert-OH is 1. The summed E-state index contributed by atoms with van der Waals surface area (Å²) in [5, 5.41) is 8.95. The summed E-state index contributed by atoms with van der Waals surface area (Å²) < 4.78 is 11.3. The summed E-state index contributed by atoms with van der Waals surface area (Å²) in [6, 6.07) is 5.86. The maximum Gasteiger partial charge on any atom is 0.161 e. The predicted molar refractivity (Wildman–Crippen MR) is 66.7 cm³/mol. The van der Waals surface area contributed by atoms with Crippen LogP contribution in [0.15, 0.2) is 18.2 Å². The van der Waals surface area contributed by atoms with Crippen LogP contribution in [0.4, 0.5) is 0 Å². The van der Waals surface area contributed by atoms with Crippen LogP contribution in [0.25, 0.3) is 0 Å². The molecule has 1 aromatic carbocycles. The van der Waals surface area contributed by atoms with Gasteiger partial charge in [-0.15, -0.1) is 0 Å². The third-order valence-electron chi connectivity index (χ3n) is 3.22. The fraction of sp³-hybridized carbons (Fsp3) is 0.571. The monoisotopic (exact) mass is 236 g/mol. The normalized spacial score (nSPS) is 16.1. The maximum absolute atomic E-state index is 8.95. The molecule has 0 bridgehead atoms. The van der Waals surface area contributed by atoms with Crippen molar-refractivity contribution in [1.29, 1.82) is 0 Å². The van der Waals surface area contributed by atoms with E-state index in [2.05, 4.69) is 0 Å². The van der Waals surface area contributed by atoms with Crippen LogP contribution in [0, 0.1) is 0 Å². The van der Waals surface area contributed by atoms with E-state index in [1.165, 1.54) is 12.8 Å². The fourth-order valence-electron chi connectivity index (χ4n) is 2.28. The molecule has 0 spiro atoms. The third-order valence-corrected chi connectivity index (χ3v) is 3.22. The molecule has 0 saturated heterocycles. The molecule has 1 fully saturated rings. The smallest absolute Gasteiger partial charge is 0.161 e. The molecule has 94 valence electrons. The average Bonchev–Trinajstić information content (AvgIpc) is 2.83. The first-order valence-corrected chi connectivity index (χ1v) is 6.28. The second-order valence-corrected chi connectivity index (χ2v) is 4.48. The van der Waals surface area contributed by atoms with Gasteiger partial charge in [0.2, 0.25) is 0 Å². The van der Waals surface area contributed by atoms with Crippen LogP contribution in [-0.4, -0.2) is 24.9 Å². The lowest BCUT2D eigenvalue weighted by Crippen LogP contribution is -2.11. The standard InChI is InChI=1S/C14H20O3/c1-16-13-7-6-11(8-9-15)10-14(13)17-12-4-2-3-5-12/h6-7,10,12,15H,2-5,8-9H2,1H3. The quantitative estimate of drug-likeness (QED) is 0.854. The minimum Gasteiger partial charge on any atom is -0.493 e. The van der Waals surface area contributed by atoms with Gasteiger partial charge in [0.05, 0.1) is 13.2 Å². The average molecular weight is 236 g/mol. The maximum atomic E-state index is 8.95. The minimum atomic E-state index is 0.162. The topological polar surface area (TPSA) is 38.7 Å². The van der Waals surface area contributed by atoms with Crippen molar-refractivity contribution < 1.29 is 14.6 Å². The Morgan fingerprint density at radius 2 is 2.00 bits per heavy atom. The number of ether oxygens (including phenoxy) is 2. The third kappa shape index (κ3) is 3.13. The number of hydrogen-bond donors (Lipinski definition) is 1. The van der Waals surface area contributed by atoms with Crippen molar-refractivity contribution in [3.05, 3.63) is 23.8 Å². The van der Waals surface area contributed by atoms with Crippen molar-refractivity contribution in [3.8, 4) is 11.5 Å². The molecule has 1 aliphatic rings. The first-order valence-electron chi connectivity index (χ1n) is 6.28. The zero-order chi connectivity index (χ0) is 12.1. The van der Waals surface area contributed by atoms with Crippen molar-refractivity contribution >= 4 is 0 Å². The lowest BCUT2D eigenvalue weighted by molar-refractivity contribution is 0.200. The van der Waals surface area contributed by atoms with Gasteiger partial charge in [-0.25, -0.2) is 0 Å². The largest absolute Gasteiger partial charge is 0.493 e. The zero-order valence-electron chi connectivity index (χ0n) is 10.3. The summed E-state index contributed by atoms with van der Waals surface area (Å²) in [5.74, 6) is 1.59. The molecule has 1 saturated carbocycles. The highest BCUT2D eigenvalue weighted by molar-refractivity contribution is 5.43. The van der Waals surface area contributed by atoms with Crippen molar-refractivity contribution in [2.75, 3.05) is 13.7 Å². The van der Waals surface area contributed by atoms with Gasteiger partial charge in [0, 0.05) is 6.61 Å². The number of benzene rings is 1. The Bertz CT molecular complexity index is 356. The van der Waals surface area contributed by atoms with Crippen LogP contribution in [0.5, 0.6) is 11.5 Å². The van der Waals surface area contributed by atoms with Gasteiger partial charge in [0.25, 0.3) is 0 Å². The Kier molecular flexibility index (Phi) is 4.26. The van der Waals surface area contributed by atoms with Gasteiger partial charge in [-0.3, -0.25) is 0 Å². The van der Waals surface area contributed by atoms with E-state index in [1.54, 1.807) is 7.11 Å². The van der Waals surface area contributed by atoms with E-state index >= 15 is 0 Å². The van der Waals surface area contributed by atoms with Gasteiger partial charge >= 0.3 is 0 Å². The Morgan fingerprint density at radius 3 is 2.65 bits per heavy atom. The number of rotatable bonds is 5. The molecule has 0 atom stereocenters. The molecule has 1 aromatic rings. The SMILES string of the molecule is COc1ccc(CCO)cc1OC1CCCC1. The molecule has 0 heterocycles. The molecule has 0 aromatic heterocycles. The van der Waals surface area contributed by atoms with E-state index in [0.717, 1.165) is 29.9 Å². The molecule has 1 N–H and O–H groups in total. The predicted octanol–water partition coefficient (Wildman–Crippen LogP) is 2.55. The Hall–Kier alpha value is -1.22. The van der Waals surface area contributed by atoms with Crippen LogP contribution in [0.3, 0.4) is 0 Å². The van der Waals surface area contributed by atoms with Crippen LogP contribution in [0.2, 0.25) is 0 Å². The summed E-state index contributed by atoms with van der Waals surface area (Å²) in [6.45, 7) is 0.162. The molecular formula is C14H20O3. The Morgan fingerprint density at radius 1 is 1.24 bits per heavy atom. The molecule has 3 nitrogen and oxygen atoms in total. The van der Waals surface area contributed by atoms with Crippen molar-refractivity contribution in [1.82, 2.24) is 0 Å². The molecule has 0 unspecified atom stereocenters. The highest BCUT2D eigenvalue weighted by Crippen LogP contribution is 2.32. The molecular weight excluding hydrogens is 216 g/mol. The van der Waals surface area contributed by atoms with Crippen LogP contribution in [-0.2, 0) is 6.42 Å². The summed E-state index contributed by atoms with van der Waals surface area (Å²) in [4.78, 5) is 0. The molecule has 0 radical (unpaired) electrons. The van der Waals surface area contributed by atoms with Crippen LogP contribution in [0.1, 0.15) is 31.2 Å². The van der Waals surface area contributed by atoms with Crippen LogP contribution >= 0.6 is 0 Å². The number of hydrogen-bond acceptors (Lipinski definition) is 3. The molecule has 0 aliphatic heterocycles. The summed E-state index contributed by atoms with van der Waals surface area (Å²) in [5.41, 5.74) is 1.08. The number of aliphatic hydroxyl groups is 1. The lowest BCUT2D eigenvalue weighted by Gasteiger charge is -2.16. The second-order valence-electron chi connectivity index (χ2n) is 4.48. The second kappa shape index (κ2) is 5.92. The molecule has 1 aliphatic carbocycles. The van der Waals surface area contributed by atoms with Gasteiger partial charge in [0.15, 0.2) is 11.5 Å². The van der Waals surface area contributed by atoms with Crippen molar-refractivity contribution in [2.45, 2.75) is 38.2 Å². The molecule has 17 heavy (non-hydrogen) atoms. The molecule has 0 amide bonds. The summed E-state index contributed by atoms with van der Waals surface area (Å²) in [7, 11) is 1.66. The highest BCUT2D eigenvalue weighted by Gasteiger charge is 2.18. The van der Waals surface area contributed by atoms with E-state index in [-0.39, 0.29) is 6.61 Å². The molecule has 3 heteroatoms. The van der Waals surface area contributed by atoms with Crippen molar-refractivity contribution in [2.24, 2.45) is 0 Å². The Labute approximate surface area is 102 Å². The lowest BCUT2D eigenvalue weighted by atomic mass is 10.1. The van der Waals surface area contributed by atoms with Crippen LogP contribution < -0.4 is 9.47 Å². The summed E-state index contributed by atoms with van der Waals surface area (Å²) >= 11 is 0. The van der Waals surface area contributed by atoms with Gasteiger partial charge < -0.3 is 14.6 Å². The van der Waals surface area contributed by atoms with E-state index in [9.17, 15) is 0 Å². The van der Waals surface area contributed by atoms with Gasteiger partial charge in [-0.2, -0.15) is 0 Å².